The van der Waals surface area contributed by atoms with Gasteiger partial charge in [0.25, 0.3) is 0 Å². The van der Waals surface area contributed by atoms with E-state index in [1.165, 1.54) is 25.1 Å². The van der Waals surface area contributed by atoms with Crippen molar-refractivity contribution in [3.63, 3.8) is 0 Å². The number of thiazole rings is 1. The molecule has 0 fully saturated rings. The molecule has 9 heavy (non-hydrogen) atoms. The third-order valence-corrected chi connectivity index (χ3v) is 2.38. The van der Waals surface area contributed by atoms with Crippen molar-refractivity contribution >= 4 is 11.3 Å². The fraction of sp³-hybridized carbons (Fsp3) is 0.500. The number of nitrogens with zero attached hydrogens (tertiary/aromatic N) is 1. The standard InChI is InChI=1S/C6H8NS.BrH/c1-2-6-4-8-5-7(6)3-1;/h4-5H,1-3H2;1H/q+1;/p-1. The molecular formula is C6H8BrNS. The second-order valence-electron chi connectivity index (χ2n) is 2.15. The monoisotopic (exact) mass is 205 g/mol. The molecule has 0 saturated carbocycles. The van der Waals surface area contributed by atoms with E-state index in [0.717, 1.165) is 0 Å². The van der Waals surface area contributed by atoms with Gasteiger partial charge in [0.2, 0.25) is 5.51 Å². The number of hydrogen-bond acceptors (Lipinski definition) is 1. The summed E-state index contributed by atoms with van der Waals surface area (Å²) in [7, 11) is 0. The highest BCUT2D eigenvalue weighted by atomic mass is 79.9. The lowest BCUT2D eigenvalue weighted by Crippen LogP contribution is -3.00. The van der Waals surface area contributed by atoms with Crippen LogP contribution in [0.4, 0.5) is 0 Å². The molecule has 1 nitrogen and oxygen atoms in total. The van der Waals surface area contributed by atoms with Crippen LogP contribution in [0, 0.1) is 0 Å². The lowest BCUT2D eigenvalue weighted by Gasteiger charge is -1.74. The van der Waals surface area contributed by atoms with Gasteiger partial charge in [-0.1, -0.05) is 11.3 Å². The molecule has 0 aliphatic carbocycles. The van der Waals surface area contributed by atoms with Crippen molar-refractivity contribution in [3.8, 4) is 0 Å². The fourth-order valence-corrected chi connectivity index (χ4v) is 2.01. The predicted octanol–water partition coefficient (Wildman–Crippen LogP) is -2.01. The molecule has 2 heterocycles. The summed E-state index contributed by atoms with van der Waals surface area (Å²) in [5.41, 5.74) is 3.72. The molecule has 0 spiro atoms. The molecular weight excluding hydrogens is 198 g/mol. The molecule has 1 aliphatic rings. The molecule has 2 rings (SSSR count). The first-order valence-electron chi connectivity index (χ1n) is 2.91. The maximum absolute atomic E-state index is 2.34. The van der Waals surface area contributed by atoms with Crippen molar-refractivity contribution in [1.29, 1.82) is 0 Å². The van der Waals surface area contributed by atoms with Crippen molar-refractivity contribution in [3.05, 3.63) is 16.6 Å². The van der Waals surface area contributed by atoms with E-state index in [-0.39, 0.29) is 17.0 Å². The normalized spacial score (nSPS) is 14.7. The predicted molar refractivity (Wildman–Crippen MR) is 32.8 cm³/mol. The molecule has 0 N–H and O–H groups in total. The topological polar surface area (TPSA) is 3.88 Å². The van der Waals surface area contributed by atoms with Crippen LogP contribution >= 0.6 is 11.3 Å². The van der Waals surface area contributed by atoms with Crippen LogP contribution in [0.1, 0.15) is 12.1 Å². The lowest BCUT2D eigenvalue weighted by atomic mass is 10.3. The van der Waals surface area contributed by atoms with E-state index in [2.05, 4.69) is 15.5 Å². The zero-order valence-electron chi connectivity index (χ0n) is 5.01. The Morgan fingerprint density at radius 1 is 1.56 bits per heavy atom. The quantitative estimate of drug-likeness (QED) is 0.432. The third kappa shape index (κ3) is 1.17. The van der Waals surface area contributed by atoms with Crippen molar-refractivity contribution in [2.45, 2.75) is 19.4 Å². The minimum Gasteiger partial charge on any atom is -1.00 e. The number of hydrogen-bond donors (Lipinski definition) is 0. The smallest absolute Gasteiger partial charge is 0.224 e. The maximum atomic E-state index is 2.34. The summed E-state index contributed by atoms with van der Waals surface area (Å²) in [5, 5.41) is 2.24. The maximum Gasteiger partial charge on any atom is 0.224 e. The van der Waals surface area contributed by atoms with Crippen LogP contribution in [-0.4, -0.2) is 0 Å². The first-order chi connectivity index (χ1) is 3.97. The van der Waals surface area contributed by atoms with Gasteiger partial charge in [-0.05, 0) is 0 Å². The SMILES string of the molecule is [Br-].c1sc[n+]2c1CCC2. The Labute approximate surface area is 69.1 Å². The van der Waals surface area contributed by atoms with E-state index in [9.17, 15) is 0 Å². The Morgan fingerprint density at radius 3 is 3.22 bits per heavy atom. The van der Waals surface area contributed by atoms with Crippen molar-refractivity contribution in [2.24, 2.45) is 0 Å². The van der Waals surface area contributed by atoms with E-state index in [1.54, 1.807) is 11.3 Å². The van der Waals surface area contributed by atoms with Crippen LogP contribution in [0.3, 0.4) is 0 Å². The van der Waals surface area contributed by atoms with E-state index in [1.807, 2.05) is 0 Å². The van der Waals surface area contributed by atoms with Gasteiger partial charge >= 0.3 is 0 Å². The molecule has 1 aliphatic heterocycles. The summed E-state index contributed by atoms with van der Waals surface area (Å²) in [4.78, 5) is 0. The molecule has 50 valence electrons. The van der Waals surface area contributed by atoms with Crippen LogP contribution in [0.25, 0.3) is 0 Å². The molecule has 0 radical (unpaired) electrons. The van der Waals surface area contributed by atoms with Gasteiger partial charge in [0, 0.05) is 12.8 Å². The van der Waals surface area contributed by atoms with Crippen LogP contribution in [0.15, 0.2) is 10.9 Å². The summed E-state index contributed by atoms with van der Waals surface area (Å²) < 4.78 is 2.34. The molecule has 0 aromatic carbocycles. The third-order valence-electron chi connectivity index (χ3n) is 1.59. The highest BCUT2D eigenvalue weighted by Crippen LogP contribution is 2.08. The van der Waals surface area contributed by atoms with Gasteiger partial charge in [-0.25, -0.2) is 0 Å². The Kier molecular flexibility index (Phi) is 2.24. The fourth-order valence-electron chi connectivity index (χ4n) is 1.15. The largest absolute Gasteiger partial charge is 1.00 e. The number of aryl methyl sites for hydroxylation is 2. The number of fused-ring (bicyclic) bond motifs is 1. The first kappa shape index (κ1) is 7.22. The van der Waals surface area contributed by atoms with E-state index in [4.69, 9.17) is 0 Å². The summed E-state index contributed by atoms with van der Waals surface area (Å²) in [6.45, 7) is 1.25. The second kappa shape index (κ2) is 2.80. The van der Waals surface area contributed by atoms with Gasteiger partial charge in [0.15, 0.2) is 5.69 Å². The van der Waals surface area contributed by atoms with Gasteiger partial charge < -0.3 is 17.0 Å². The molecule has 1 aromatic heterocycles. The zero-order chi connectivity index (χ0) is 5.40. The van der Waals surface area contributed by atoms with Crippen molar-refractivity contribution in [1.82, 2.24) is 0 Å². The molecule has 0 bridgehead atoms. The highest BCUT2D eigenvalue weighted by Gasteiger charge is 2.17. The molecule has 0 unspecified atom stereocenters. The highest BCUT2D eigenvalue weighted by molar-refractivity contribution is 7.07. The van der Waals surface area contributed by atoms with E-state index in [0.29, 0.717) is 0 Å². The summed E-state index contributed by atoms with van der Waals surface area (Å²) in [6.07, 6.45) is 2.65. The van der Waals surface area contributed by atoms with Gasteiger partial charge in [-0.2, -0.15) is 4.57 Å². The summed E-state index contributed by atoms with van der Waals surface area (Å²) >= 11 is 1.80. The molecule has 1 aromatic rings. The van der Waals surface area contributed by atoms with Crippen molar-refractivity contribution in [2.75, 3.05) is 0 Å². The number of aromatic nitrogens is 1. The average molecular weight is 206 g/mol. The van der Waals surface area contributed by atoms with Crippen LogP contribution in [-0.2, 0) is 13.0 Å². The van der Waals surface area contributed by atoms with E-state index >= 15 is 0 Å². The van der Waals surface area contributed by atoms with Crippen molar-refractivity contribution < 1.29 is 21.5 Å². The Hall–Kier alpha value is 0.110. The molecule has 0 amide bonds. The second-order valence-corrected chi connectivity index (χ2v) is 2.87. The van der Waals surface area contributed by atoms with Gasteiger partial charge in [0.1, 0.15) is 6.54 Å². The number of rotatable bonds is 0. The molecule has 3 heteroatoms. The summed E-state index contributed by atoms with van der Waals surface area (Å²) in [6, 6.07) is 0. The lowest BCUT2D eigenvalue weighted by molar-refractivity contribution is -0.685. The van der Waals surface area contributed by atoms with Crippen LogP contribution in [0.2, 0.25) is 0 Å². The first-order valence-corrected chi connectivity index (χ1v) is 3.85. The zero-order valence-corrected chi connectivity index (χ0v) is 7.41. The average Bonchev–Trinajstić information content (AvgIpc) is 2.15. The minimum atomic E-state index is 0. The number of halogens is 1. The summed E-state index contributed by atoms with van der Waals surface area (Å²) in [5.74, 6) is 0. The Morgan fingerprint density at radius 2 is 2.44 bits per heavy atom. The van der Waals surface area contributed by atoms with Gasteiger partial charge in [-0.3, -0.25) is 0 Å². The molecule has 0 atom stereocenters. The van der Waals surface area contributed by atoms with Crippen LogP contribution in [0.5, 0.6) is 0 Å². The Balaban J connectivity index is 0.000000405. The van der Waals surface area contributed by atoms with Gasteiger partial charge in [0.05, 0.1) is 5.38 Å². The Bertz CT molecular complexity index is 178. The van der Waals surface area contributed by atoms with E-state index < -0.39 is 0 Å². The van der Waals surface area contributed by atoms with Gasteiger partial charge in [-0.15, -0.1) is 0 Å². The molecule has 0 saturated heterocycles. The van der Waals surface area contributed by atoms with Crippen LogP contribution < -0.4 is 21.5 Å². The minimum absolute atomic E-state index is 0.